The lowest BCUT2D eigenvalue weighted by Crippen LogP contribution is -2.39. The van der Waals surface area contributed by atoms with Crippen LogP contribution >= 0.6 is 0 Å². The third-order valence-electron chi connectivity index (χ3n) is 2.38. The van der Waals surface area contributed by atoms with Crippen molar-refractivity contribution in [1.29, 1.82) is 5.26 Å². The topological polar surface area (TPSA) is 90.2 Å². The molecule has 1 unspecified atom stereocenters. The Balaban J connectivity index is 2.70. The molecule has 0 fully saturated rings. The molecule has 0 radical (unpaired) electrons. The molecule has 100 valence electrons. The molecule has 0 spiro atoms. The summed E-state index contributed by atoms with van der Waals surface area (Å²) in [6.07, 6.45) is 7.63. The van der Waals surface area contributed by atoms with E-state index < -0.39 is 17.9 Å². The van der Waals surface area contributed by atoms with Crippen LogP contribution in [0.15, 0.2) is 30.3 Å². The zero-order chi connectivity index (χ0) is 15.0. The van der Waals surface area contributed by atoms with Gasteiger partial charge in [0.2, 0.25) is 5.91 Å². The highest BCUT2D eigenvalue weighted by molar-refractivity contribution is 5.94. The number of nitrogens with zero attached hydrogens (tertiary/aromatic N) is 1. The molecule has 0 aliphatic carbocycles. The summed E-state index contributed by atoms with van der Waals surface area (Å²) in [6.45, 7) is 0. The maximum atomic E-state index is 11.6. The van der Waals surface area contributed by atoms with Crippen LogP contribution in [0.1, 0.15) is 17.5 Å². The van der Waals surface area contributed by atoms with Crippen molar-refractivity contribution in [3.8, 4) is 18.4 Å². The first-order valence-corrected chi connectivity index (χ1v) is 5.72. The summed E-state index contributed by atoms with van der Waals surface area (Å²) < 4.78 is 0. The van der Waals surface area contributed by atoms with E-state index in [4.69, 9.17) is 16.8 Å². The lowest BCUT2D eigenvalue weighted by molar-refractivity contribution is -0.141. The van der Waals surface area contributed by atoms with Crippen LogP contribution < -0.4 is 5.32 Å². The first kappa shape index (κ1) is 15.0. The number of carboxylic acids is 1. The number of carbonyl (C=O) groups excluding carboxylic acids is 1. The zero-order valence-electron chi connectivity index (χ0n) is 10.5. The maximum absolute atomic E-state index is 11.6. The Kier molecular flexibility index (Phi) is 5.55. The number of nitriles is 1. The fourth-order valence-corrected chi connectivity index (χ4v) is 1.42. The summed E-state index contributed by atoms with van der Waals surface area (Å²) in [7, 11) is 0. The fraction of sp³-hybridized carbons (Fsp3) is 0.133. The third-order valence-corrected chi connectivity index (χ3v) is 2.38. The van der Waals surface area contributed by atoms with Gasteiger partial charge < -0.3 is 10.4 Å². The Morgan fingerprint density at radius 1 is 1.50 bits per heavy atom. The summed E-state index contributed by atoms with van der Waals surface area (Å²) in [5.74, 6) is 0.443. The molecule has 0 bridgehead atoms. The molecule has 1 amide bonds. The lowest BCUT2D eigenvalue weighted by atomic mass is 10.1. The monoisotopic (exact) mass is 268 g/mol. The van der Waals surface area contributed by atoms with Gasteiger partial charge in [0, 0.05) is 12.5 Å². The molecule has 1 aromatic rings. The van der Waals surface area contributed by atoms with E-state index in [0.29, 0.717) is 11.1 Å². The smallest absolute Gasteiger partial charge is 0.327 e. The van der Waals surface area contributed by atoms with Gasteiger partial charge in [-0.2, -0.15) is 5.26 Å². The number of amides is 1. The number of hydrogen-bond acceptors (Lipinski definition) is 3. The minimum absolute atomic E-state index is 0.0845. The van der Waals surface area contributed by atoms with E-state index in [-0.39, 0.29) is 6.42 Å². The molecule has 0 aliphatic heterocycles. The van der Waals surface area contributed by atoms with Crippen LogP contribution in [0.2, 0.25) is 0 Å². The number of terminal acetylenes is 1. The zero-order valence-corrected chi connectivity index (χ0v) is 10.5. The summed E-state index contributed by atoms with van der Waals surface area (Å²) in [6, 6.07) is 7.54. The van der Waals surface area contributed by atoms with Gasteiger partial charge >= 0.3 is 5.97 Å². The minimum Gasteiger partial charge on any atom is -0.480 e. The Morgan fingerprint density at radius 2 is 2.25 bits per heavy atom. The molecular formula is C15H12N2O3. The van der Waals surface area contributed by atoms with E-state index in [0.717, 1.165) is 0 Å². The summed E-state index contributed by atoms with van der Waals surface area (Å²) in [5.41, 5.74) is 1.14. The standard InChI is InChI=1S/C15H12N2O3/c1-2-4-13(15(19)20)17-14(18)8-7-11-5-3-6-12(9-11)10-16/h1,3,5-9,13H,4H2,(H,17,18)(H,19,20)/b8-7+. The number of nitrogens with one attached hydrogen (secondary N) is 1. The molecular weight excluding hydrogens is 256 g/mol. The third kappa shape index (κ3) is 4.67. The molecule has 20 heavy (non-hydrogen) atoms. The van der Waals surface area contributed by atoms with Crippen LogP contribution in [0.5, 0.6) is 0 Å². The first-order valence-electron chi connectivity index (χ1n) is 5.72. The molecule has 0 saturated carbocycles. The van der Waals surface area contributed by atoms with Crippen molar-refractivity contribution in [2.45, 2.75) is 12.5 Å². The first-order chi connectivity index (χ1) is 9.56. The highest BCUT2D eigenvalue weighted by atomic mass is 16.4. The van der Waals surface area contributed by atoms with E-state index in [9.17, 15) is 9.59 Å². The molecule has 0 aliphatic rings. The van der Waals surface area contributed by atoms with E-state index in [2.05, 4.69) is 11.2 Å². The minimum atomic E-state index is -1.18. The maximum Gasteiger partial charge on any atom is 0.327 e. The van der Waals surface area contributed by atoms with Crippen molar-refractivity contribution < 1.29 is 14.7 Å². The van der Waals surface area contributed by atoms with Gasteiger partial charge in [0.15, 0.2) is 0 Å². The predicted molar refractivity (Wildman–Crippen MR) is 73.2 cm³/mol. The van der Waals surface area contributed by atoms with Crippen molar-refractivity contribution in [2.75, 3.05) is 0 Å². The van der Waals surface area contributed by atoms with Crippen molar-refractivity contribution in [3.63, 3.8) is 0 Å². The lowest BCUT2D eigenvalue weighted by Gasteiger charge is -2.09. The van der Waals surface area contributed by atoms with Crippen molar-refractivity contribution >= 4 is 18.0 Å². The molecule has 1 atom stereocenters. The van der Waals surface area contributed by atoms with Crippen LogP contribution in [0, 0.1) is 23.7 Å². The van der Waals surface area contributed by atoms with E-state index >= 15 is 0 Å². The molecule has 5 heteroatoms. The average Bonchev–Trinajstić information content (AvgIpc) is 2.44. The number of carbonyl (C=O) groups is 2. The largest absolute Gasteiger partial charge is 0.480 e. The second kappa shape index (κ2) is 7.40. The van der Waals surface area contributed by atoms with Gasteiger partial charge in [-0.3, -0.25) is 4.79 Å². The van der Waals surface area contributed by atoms with Crippen LogP contribution in [0.4, 0.5) is 0 Å². The molecule has 0 saturated heterocycles. The molecule has 1 rings (SSSR count). The Bertz CT molecular complexity index is 621. The van der Waals surface area contributed by atoms with Crippen LogP contribution in [-0.2, 0) is 9.59 Å². The van der Waals surface area contributed by atoms with Gasteiger partial charge in [0.25, 0.3) is 0 Å². The van der Waals surface area contributed by atoms with Crippen molar-refractivity contribution in [1.82, 2.24) is 5.32 Å². The Labute approximate surface area is 116 Å². The number of hydrogen-bond donors (Lipinski definition) is 2. The van der Waals surface area contributed by atoms with Gasteiger partial charge in [-0.05, 0) is 23.8 Å². The van der Waals surface area contributed by atoms with Gasteiger partial charge in [0.05, 0.1) is 11.6 Å². The molecule has 5 nitrogen and oxygen atoms in total. The number of carboxylic acid groups (broad SMARTS) is 1. The highest BCUT2D eigenvalue weighted by Gasteiger charge is 2.17. The number of aliphatic carboxylic acids is 1. The van der Waals surface area contributed by atoms with Crippen LogP contribution in [0.25, 0.3) is 6.08 Å². The highest BCUT2D eigenvalue weighted by Crippen LogP contribution is 2.06. The van der Waals surface area contributed by atoms with Gasteiger partial charge in [-0.25, -0.2) is 4.79 Å². The molecule has 0 heterocycles. The van der Waals surface area contributed by atoms with Crippen LogP contribution in [-0.4, -0.2) is 23.0 Å². The summed E-state index contributed by atoms with van der Waals surface area (Å²) >= 11 is 0. The molecule has 2 N–H and O–H groups in total. The predicted octanol–water partition coefficient (Wildman–Crippen LogP) is 1.16. The van der Waals surface area contributed by atoms with Gasteiger partial charge in [-0.1, -0.05) is 12.1 Å². The van der Waals surface area contributed by atoms with E-state index in [1.54, 1.807) is 24.3 Å². The Hall–Kier alpha value is -3.05. The van der Waals surface area contributed by atoms with Crippen LogP contribution in [0.3, 0.4) is 0 Å². The van der Waals surface area contributed by atoms with Gasteiger partial charge in [0.1, 0.15) is 6.04 Å². The van der Waals surface area contributed by atoms with E-state index in [1.807, 2.05) is 6.07 Å². The summed E-state index contributed by atoms with van der Waals surface area (Å²) in [5, 5.41) is 19.9. The number of benzene rings is 1. The van der Waals surface area contributed by atoms with Crippen molar-refractivity contribution in [3.05, 3.63) is 41.5 Å². The normalized spacial score (nSPS) is 11.3. The number of rotatable bonds is 5. The van der Waals surface area contributed by atoms with Crippen molar-refractivity contribution in [2.24, 2.45) is 0 Å². The van der Waals surface area contributed by atoms with Gasteiger partial charge in [-0.15, -0.1) is 12.3 Å². The SMILES string of the molecule is C#CCC(NC(=O)/C=C/c1cccc(C#N)c1)C(=O)O. The average molecular weight is 268 g/mol. The quantitative estimate of drug-likeness (QED) is 0.619. The fourth-order valence-electron chi connectivity index (χ4n) is 1.42. The van der Waals surface area contributed by atoms with E-state index in [1.165, 1.54) is 12.2 Å². The molecule has 0 aromatic heterocycles. The second-order valence-electron chi connectivity index (χ2n) is 3.88. The summed E-state index contributed by atoms with van der Waals surface area (Å²) in [4.78, 5) is 22.4. The Morgan fingerprint density at radius 3 is 2.85 bits per heavy atom. The molecule has 1 aromatic carbocycles. The second-order valence-corrected chi connectivity index (χ2v) is 3.88.